The van der Waals surface area contributed by atoms with Crippen molar-refractivity contribution in [2.45, 2.75) is 51.5 Å². The Labute approximate surface area is 114 Å². The van der Waals surface area contributed by atoms with E-state index in [-0.39, 0.29) is 11.3 Å². The predicted molar refractivity (Wildman–Crippen MR) is 71.8 cm³/mol. The Kier molecular flexibility index (Phi) is 3.85. The van der Waals surface area contributed by atoms with Gasteiger partial charge in [0.05, 0.1) is 5.41 Å². The van der Waals surface area contributed by atoms with Gasteiger partial charge in [-0.2, -0.15) is 0 Å². The van der Waals surface area contributed by atoms with Crippen LogP contribution in [0.2, 0.25) is 0 Å². The van der Waals surface area contributed by atoms with Gasteiger partial charge in [-0.3, -0.25) is 4.79 Å². The third-order valence-corrected chi connectivity index (χ3v) is 5.09. The summed E-state index contributed by atoms with van der Waals surface area (Å²) in [5.74, 6) is -0.806. The number of carboxylic acid groups (broad SMARTS) is 1. The predicted octanol–water partition coefficient (Wildman–Crippen LogP) is 1.23. The van der Waals surface area contributed by atoms with E-state index in [1.165, 1.54) is 0 Å². The van der Waals surface area contributed by atoms with Gasteiger partial charge in [-0.15, -0.1) is 0 Å². The molecule has 2 aliphatic rings. The van der Waals surface area contributed by atoms with Crippen LogP contribution >= 0.6 is 0 Å². The molecule has 0 aromatic rings. The summed E-state index contributed by atoms with van der Waals surface area (Å²) in [4.78, 5) is 26.2. The van der Waals surface area contributed by atoms with Gasteiger partial charge in [-0.25, -0.2) is 4.79 Å². The SMILES string of the molecule is CCC1(C(=O)N2CCCC2(CC)C(=O)O)CCNC1. The molecule has 5 nitrogen and oxygen atoms in total. The first-order valence-electron chi connectivity index (χ1n) is 7.28. The lowest BCUT2D eigenvalue weighted by molar-refractivity contribution is -0.161. The van der Waals surface area contributed by atoms with Gasteiger partial charge in [-0.1, -0.05) is 13.8 Å². The van der Waals surface area contributed by atoms with Crippen molar-refractivity contribution in [3.05, 3.63) is 0 Å². The van der Waals surface area contributed by atoms with Gasteiger partial charge >= 0.3 is 5.97 Å². The van der Waals surface area contributed by atoms with E-state index in [4.69, 9.17) is 0 Å². The number of aliphatic carboxylic acids is 1. The second-order valence-electron chi connectivity index (χ2n) is 5.81. The van der Waals surface area contributed by atoms with Crippen LogP contribution in [0.15, 0.2) is 0 Å². The minimum absolute atomic E-state index is 0.0433. The van der Waals surface area contributed by atoms with Crippen LogP contribution in [0, 0.1) is 5.41 Å². The number of carbonyl (C=O) groups excluding carboxylic acids is 1. The maximum absolute atomic E-state index is 12.9. The Morgan fingerprint density at radius 3 is 2.47 bits per heavy atom. The van der Waals surface area contributed by atoms with Gasteiger partial charge in [0.15, 0.2) is 0 Å². The number of hydrogen-bond donors (Lipinski definition) is 2. The summed E-state index contributed by atoms with van der Waals surface area (Å²) in [6, 6.07) is 0. The quantitative estimate of drug-likeness (QED) is 0.804. The van der Waals surface area contributed by atoms with Crippen LogP contribution in [-0.4, -0.2) is 47.1 Å². The number of likely N-dealkylation sites (tertiary alicyclic amines) is 1. The summed E-state index contributed by atoms with van der Waals surface area (Å²) in [7, 11) is 0. The molecule has 0 radical (unpaired) electrons. The van der Waals surface area contributed by atoms with Crippen LogP contribution in [0.1, 0.15) is 46.0 Å². The fourth-order valence-corrected chi connectivity index (χ4v) is 3.58. The third kappa shape index (κ3) is 2.04. The van der Waals surface area contributed by atoms with Gasteiger partial charge in [0.1, 0.15) is 5.54 Å². The van der Waals surface area contributed by atoms with Crippen LogP contribution < -0.4 is 5.32 Å². The first kappa shape index (κ1) is 14.3. The average Bonchev–Trinajstić information content (AvgIpc) is 3.05. The van der Waals surface area contributed by atoms with E-state index in [2.05, 4.69) is 5.32 Å². The molecule has 2 aliphatic heterocycles. The highest BCUT2D eigenvalue weighted by molar-refractivity contribution is 5.91. The molecule has 2 rings (SSSR count). The van der Waals surface area contributed by atoms with Gasteiger partial charge in [-0.05, 0) is 38.6 Å². The lowest BCUT2D eigenvalue weighted by Gasteiger charge is -2.39. The number of rotatable bonds is 4. The van der Waals surface area contributed by atoms with Crippen molar-refractivity contribution in [3.63, 3.8) is 0 Å². The monoisotopic (exact) mass is 268 g/mol. The highest BCUT2D eigenvalue weighted by Gasteiger charge is 2.53. The van der Waals surface area contributed by atoms with E-state index in [9.17, 15) is 14.7 Å². The molecule has 0 aromatic heterocycles. The molecule has 0 saturated carbocycles. The molecule has 2 saturated heterocycles. The summed E-state index contributed by atoms with van der Waals surface area (Å²) in [5, 5.41) is 12.8. The molecule has 0 aliphatic carbocycles. The second kappa shape index (κ2) is 5.12. The van der Waals surface area contributed by atoms with E-state index in [1.807, 2.05) is 13.8 Å². The molecule has 19 heavy (non-hydrogen) atoms. The van der Waals surface area contributed by atoms with Crippen molar-refractivity contribution in [3.8, 4) is 0 Å². The minimum atomic E-state index is -0.970. The summed E-state index contributed by atoms with van der Waals surface area (Å²) < 4.78 is 0. The van der Waals surface area contributed by atoms with Crippen molar-refractivity contribution < 1.29 is 14.7 Å². The number of carbonyl (C=O) groups is 2. The van der Waals surface area contributed by atoms with Crippen molar-refractivity contribution in [2.24, 2.45) is 5.41 Å². The third-order valence-electron chi connectivity index (χ3n) is 5.09. The van der Waals surface area contributed by atoms with Crippen molar-refractivity contribution in [1.29, 1.82) is 0 Å². The minimum Gasteiger partial charge on any atom is -0.479 e. The van der Waals surface area contributed by atoms with Gasteiger partial charge in [0, 0.05) is 13.1 Å². The van der Waals surface area contributed by atoms with Crippen molar-refractivity contribution in [2.75, 3.05) is 19.6 Å². The van der Waals surface area contributed by atoms with E-state index < -0.39 is 11.5 Å². The molecule has 5 heteroatoms. The van der Waals surface area contributed by atoms with E-state index in [0.717, 1.165) is 25.8 Å². The zero-order chi connectivity index (χ0) is 14.1. The Morgan fingerprint density at radius 1 is 1.26 bits per heavy atom. The Bertz CT molecular complexity index is 377. The van der Waals surface area contributed by atoms with Gasteiger partial charge < -0.3 is 15.3 Å². The number of nitrogens with zero attached hydrogens (tertiary/aromatic N) is 1. The number of carboxylic acids is 1. The van der Waals surface area contributed by atoms with E-state index in [1.54, 1.807) is 4.90 Å². The Hall–Kier alpha value is -1.10. The van der Waals surface area contributed by atoms with Crippen molar-refractivity contribution in [1.82, 2.24) is 10.2 Å². The maximum Gasteiger partial charge on any atom is 0.329 e. The first-order chi connectivity index (χ1) is 9.02. The molecule has 0 aromatic carbocycles. The fraction of sp³-hybridized carbons (Fsp3) is 0.857. The molecule has 2 N–H and O–H groups in total. The summed E-state index contributed by atoms with van der Waals surface area (Å²) in [6.07, 6.45) is 3.45. The Balaban J connectivity index is 2.29. The van der Waals surface area contributed by atoms with Crippen LogP contribution in [0.25, 0.3) is 0 Å². The topological polar surface area (TPSA) is 69.6 Å². The molecule has 108 valence electrons. The lowest BCUT2D eigenvalue weighted by atomic mass is 9.81. The number of hydrogen-bond acceptors (Lipinski definition) is 3. The molecule has 1 amide bonds. The molecule has 0 bridgehead atoms. The summed E-state index contributed by atoms with van der Waals surface area (Å²) >= 11 is 0. The van der Waals surface area contributed by atoms with Gasteiger partial charge in [0.2, 0.25) is 5.91 Å². The molecule has 2 fully saturated rings. The highest BCUT2D eigenvalue weighted by Crippen LogP contribution is 2.39. The zero-order valence-corrected chi connectivity index (χ0v) is 11.9. The van der Waals surface area contributed by atoms with Crippen LogP contribution in [0.4, 0.5) is 0 Å². The summed E-state index contributed by atoms with van der Waals surface area (Å²) in [5.41, 5.74) is -1.36. The number of nitrogens with one attached hydrogen (secondary N) is 1. The zero-order valence-electron chi connectivity index (χ0n) is 11.9. The fourth-order valence-electron chi connectivity index (χ4n) is 3.58. The second-order valence-corrected chi connectivity index (χ2v) is 5.81. The molecule has 2 heterocycles. The van der Waals surface area contributed by atoms with Crippen LogP contribution in [0.5, 0.6) is 0 Å². The van der Waals surface area contributed by atoms with Crippen molar-refractivity contribution >= 4 is 11.9 Å². The highest BCUT2D eigenvalue weighted by atomic mass is 16.4. The molecule has 2 unspecified atom stereocenters. The molecular formula is C14H24N2O3. The Morgan fingerprint density at radius 2 is 2.00 bits per heavy atom. The maximum atomic E-state index is 12.9. The largest absolute Gasteiger partial charge is 0.479 e. The smallest absolute Gasteiger partial charge is 0.329 e. The van der Waals surface area contributed by atoms with Gasteiger partial charge in [0.25, 0.3) is 0 Å². The number of amides is 1. The van der Waals surface area contributed by atoms with Crippen LogP contribution in [0.3, 0.4) is 0 Å². The van der Waals surface area contributed by atoms with Crippen LogP contribution in [-0.2, 0) is 9.59 Å². The normalized spacial score (nSPS) is 34.7. The van der Waals surface area contributed by atoms with E-state index >= 15 is 0 Å². The summed E-state index contributed by atoms with van der Waals surface area (Å²) in [6.45, 7) is 6.00. The lowest BCUT2D eigenvalue weighted by Crippen LogP contribution is -2.57. The molecule has 0 spiro atoms. The molecular weight excluding hydrogens is 244 g/mol. The first-order valence-corrected chi connectivity index (χ1v) is 7.28. The standard InChI is InChI=1S/C14H24N2O3/c1-3-13(7-8-15-10-13)11(17)16-9-5-6-14(16,4-2)12(18)19/h15H,3-10H2,1-2H3,(H,18,19). The van der Waals surface area contributed by atoms with E-state index in [0.29, 0.717) is 25.9 Å². The molecule has 2 atom stereocenters. The average molecular weight is 268 g/mol.